The lowest BCUT2D eigenvalue weighted by molar-refractivity contribution is 0.476. The molecule has 0 spiro atoms. The van der Waals surface area contributed by atoms with Gasteiger partial charge in [0.25, 0.3) is 0 Å². The van der Waals surface area contributed by atoms with E-state index in [1.807, 2.05) is 0 Å². The van der Waals surface area contributed by atoms with Crippen LogP contribution in [0.1, 0.15) is 0 Å². The molecule has 0 fully saturated rings. The Labute approximate surface area is 121 Å². The molecular weight excluding hydrogens is 306 g/mol. The summed E-state index contributed by atoms with van der Waals surface area (Å²) in [6.45, 7) is 0. The van der Waals surface area contributed by atoms with Crippen molar-refractivity contribution in [2.24, 2.45) is 0 Å². The van der Waals surface area contributed by atoms with E-state index in [0.717, 1.165) is 0 Å². The molecule has 0 radical (unpaired) electrons. The number of aromatic hydroxyl groups is 1. The zero-order valence-electron chi connectivity index (χ0n) is 5.84. The Hall–Kier alpha value is 1.20. The van der Waals surface area contributed by atoms with E-state index in [1.54, 1.807) is 0 Å². The number of phenols is 1. The van der Waals surface area contributed by atoms with Crippen LogP contribution in [0.4, 0.5) is 0 Å². The first-order chi connectivity index (χ1) is 5.46. The molecule has 0 saturated heterocycles. The molecule has 0 aliphatic carbocycles. The third-order valence-corrected chi connectivity index (χ3v) is 3.44. The Kier molecular flexibility index (Phi) is 8.43. The van der Waals surface area contributed by atoms with Crippen molar-refractivity contribution in [2.45, 2.75) is 0 Å². The van der Waals surface area contributed by atoms with Crippen LogP contribution in [0.15, 0.2) is 0 Å². The Morgan fingerprint density at radius 1 is 0.643 bits per heavy atom. The number of phenolic OH excluding ortho intramolecular Hbond substituents is 1. The Morgan fingerprint density at radius 2 is 0.857 bits per heavy atom. The molecule has 78 valence electrons. The van der Waals surface area contributed by atoms with Crippen LogP contribution < -0.4 is 0 Å². The van der Waals surface area contributed by atoms with E-state index in [1.165, 1.54) is 0 Å². The highest BCUT2D eigenvalue weighted by atomic mass is 35.5. The summed E-state index contributed by atoms with van der Waals surface area (Å²) in [7, 11) is 0. The van der Waals surface area contributed by atoms with Crippen molar-refractivity contribution >= 4 is 81.1 Å². The van der Waals surface area contributed by atoms with Crippen LogP contribution in [0.5, 0.6) is 5.75 Å². The highest BCUT2D eigenvalue weighted by molar-refractivity contribution is 6.55. The molecule has 1 aromatic rings. The average Bonchev–Trinajstić information content (AvgIpc) is 2.08. The molecule has 0 aliphatic heterocycles. The second kappa shape index (κ2) is 6.71. The molecule has 3 N–H and O–H groups in total. The second-order valence-corrected chi connectivity index (χ2v) is 3.81. The van der Waals surface area contributed by atoms with Crippen molar-refractivity contribution in [3.8, 4) is 5.75 Å². The molecule has 0 amide bonds. The smallest absolute Gasteiger partial charge is 0.316 e. The van der Waals surface area contributed by atoms with Crippen molar-refractivity contribution in [1.82, 2.24) is 0 Å². The van der Waals surface area contributed by atoms with Crippen molar-refractivity contribution in [3.63, 3.8) is 0 Å². The average molecular weight is 311 g/mol. The molecule has 0 aromatic heterocycles. The monoisotopic (exact) mass is 308 g/mol. The molecule has 0 aliphatic rings. The van der Waals surface area contributed by atoms with E-state index >= 15 is 0 Å². The minimum absolute atomic E-state index is 0. The topological polar surface area (TPSA) is 51.7 Å². The van der Waals surface area contributed by atoms with Gasteiger partial charge in [0, 0.05) is 0 Å². The Balaban J connectivity index is 0. The van der Waals surface area contributed by atoms with Gasteiger partial charge in [0.1, 0.15) is 10.0 Å². The van der Waals surface area contributed by atoms with Crippen molar-refractivity contribution in [3.05, 3.63) is 25.1 Å². The summed E-state index contributed by atoms with van der Waals surface area (Å²) in [6, 6.07) is 0. The highest BCUT2D eigenvalue weighted by Gasteiger charge is 2.17. The van der Waals surface area contributed by atoms with Crippen LogP contribution in [0.3, 0.4) is 0 Å². The predicted octanol–water partition coefficient (Wildman–Crippen LogP) is 2.92. The zero-order valence-corrected chi connectivity index (χ0v) is 9.62. The normalized spacial score (nSPS) is 8.93. The van der Waals surface area contributed by atoms with Gasteiger partial charge in [-0.3, -0.25) is 0 Å². The van der Waals surface area contributed by atoms with Gasteiger partial charge in [0.15, 0.2) is 5.75 Å². The minimum atomic E-state index is -0.363. The SMILES string of the molecule is O.Oc1c(Cl)c(Cl)c(Cl)c(Cl)c1Cl.[MgH2]. The van der Waals surface area contributed by atoms with Gasteiger partial charge in [-0.15, -0.1) is 0 Å². The molecule has 8 heteroatoms. The number of rotatable bonds is 0. The molecular formula is C6H5Cl5MgO2. The molecule has 2 nitrogen and oxygen atoms in total. The van der Waals surface area contributed by atoms with Gasteiger partial charge < -0.3 is 10.6 Å². The van der Waals surface area contributed by atoms with Gasteiger partial charge >= 0.3 is 23.1 Å². The quantitative estimate of drug-likeness (QED) is 0.447. The van der Waals surface area contributed by atoms with Crippen molar-refractivity contribution < 1.29 is 10.6 Å². The van der Waals surface area contributed by atoms with Crippen molar-refractivity contribution in [2.75, 3.05) is 0 Å². The van der Waals surface area contributed by atoms with E-state index in [4.69, 9.17) is 58.0 Å². The standard InChI is InChI=1S/C6HCl5O.Mg.H2O.2H/c7-1-2(8)4(10)6(12)5(11)3(1)9;;;;/h12H;;1H2;;. The number of hydrogen-bond acceptors (Lipinski definition) is 1. The van der Waals surface area contributed by atoms with Gasteiger partial charge in [-0.1, -0.05) is 58.0 Å². The van der Waals surface area contributed by atoms with Crippen LogP contribution in [-0.2, 0) is 0 Å². The first-order valence-corrected chi connectivity index (χ1v) is 4.56. The summed E-state index contributed by atoms with van der Waals surface area (Å²) in [6.07, 6.45) is 0. The number of hydrogen-bond donors (Lipinski definition) is 1. The fourth-order valence-corrected chi connectivity index (χ4v) is 1.72. The van der Waals surface area contributed by atoms with Crippen LogP contribution in [-0.4, -0.2) is 33.6 Å². The second-order valence-electron chi connectivity index (χ2n) is 1.92. The van der Waals surface area contributed by atoms with Crippen LogP contribution >= 0.6 is 58.0 Å². The summed E-state index contributed by atoms with van der Waals surface area (Å²) in [5.41, 5.74) is 0. The lowest BCUT2D eigenvalue weighted by Crippen LogP contribution is -1.78. The molecule has 0 unspecified atom stereocenters. The summed E-state index contributed by atoms with van der Waals surface area (Å²) in [5, 5.41) is 9.01. The van der Waals surface area contributed by atoms with Crippen LogP contribution in [0.2, 0.25) is 25.1 Å². The van der Waals surface area contributed by atoms with Gasteiger partial charge in [-0.2, -0.15) is 0 Å². The van der Waals surface area contributed by atoms with Crippen LogP contribution in [0, 0.1) is 0 Å². The zero-order chi connectivity index (χ0) is 9.46. The summed E-state index contributed by atoms with van der Waals surface area (Å²) in [4.78, 5) is 0. The molecule has 14 heavy (non-hydrogen) atoms. The van der Waals surface area contributed by atoms with Gasteiger partial charge in [-0.25, -0.2) is 0 Å². The lowest BCUT2D eigenvalue weighted by Gasteiger charge is -2.06. The maximum Gasteiger partial charge on any atom is 0.316 e. The van der Waals surface area contributed by atoms with Gasteiger partial charge in [-0.05, 0) is 0 Å². The first kappa shape index (κ1) is 17.6. The number of halogens is 5. The number of benzene rings is 1. The van der Waals surface area contributed by atoms with E-state index in [2.05, 4.69) is 0 Å². The Bertz CT molecular complexity index is 238. The molecule has 0 heterocycles. The van der Waals surface area contributed by atoms with E-state index in [9.17, 15) is 5.11 Å². The minimum Gasteiger partial charge on any atom is -0.505 e. The summed E-state index contributed by atoms with van der Waals surface area (Å²) < 4.78 is 0. The third-order valence-electron chi connectivity index (χ3n) is 1.19. The maximum absolute atomic E-state index is 9.20. The maximum atomic E-state index is 9.20. The highest BCUT2D eigenvalue weighted by Crippen LogP contribution is 2.47. The fraction of sp³-hybridized carbons (Fsp3) is 0. The van der Waals surface area contributed by atoms with Crippen molar-refractivity contribution in [1.29, 1.82) is 0 Å². The van der Waals surface area contributed by atoms with E-state index in [0.29, 0.717) is 0 Å². The van der Waals surface area contributed by atoms with E-state index < -0.39 is 0 Å². The van der Waals surface area contributed by atoms with E-state index in [-0.39, 0.29) is 59.4 Å². The molecule has 0 atom stereocenters. The summed E-state index contributed by atoms with van der Waals surface area (Å²) >= 11 is 27.9. The largest absolute Gasteiger partial charge is 0.505 e. The molecule has 1 rings (SSSR count). The summed E-state index contributed by atoms with van der Waals surface area (Å²) in [5.74, 6) is -0.363. The van der Waals surface area contributed by atoms with Gasteiger partial charge in [0.05, 0.1) is 15.1 Å². The van der Waals surface area contributed by atoms with Gasteiger partial charge in [0.2, 0.25) is 0 Å². The fourth-order valence-electron chi connectivity index (χ4n) is 0.593. The molecule has 1 aromatic carbocycles. The molecule has 0 saturated carbocycles. The van der Waals surface area contributed by atoms with Crippen LogP contribution in [0.25, 0.3) is 0 Å². The Morgan fingerprint density at radius 3 is 1.14 bits per heavy atom. The first-order valence-electron chi connectivity index (χ1n) is 2.67. The lowest BCUT2D eigenvalue weighted by atomic mass is 10.3. The third kappa shape index (κ3) is 3.09. The predicted molar refractivity (Wildman–Crippen MR) is 65.3 cm³/mol. The molecule has 0 bridgehead atoms.